The normalized spacial score (nSPS) is 17.8. The Hall–Kier alpha value is -2.85. The highest BCUT2D eigenvalue weighted by atomic mass is 32.1. The molecule has 10 heteroatoms. The lowest BCUT2D eigenvalue weighted by molar-refractivity contribution is 0.0482. The molecule has 9 nitrogen and oxygen atoms in total. The molecule has 0 atom stereocenters. The summed E-state index contributed by atoms with van der Waals surface area (Å²) in [5.41, 5.74) is 0.578. The monoisotopic (exact) mass is 472 g/mol. The summed E-state index contributed by atoms with van der Waals surface area (Å²) in [6.45, 7) is 6.84. The molecule has 0 bridgehead atoms. The van der Waals surface area contributed by atoms with Gasteiger partial charge in [0.05, 0.1) is 5.56 Å². The number of anilines is 1. The Morgan fingerprint density at radius 3 is 2.36 bits per heavy atom. The third-order valence-corrected chi connectivity index (χ3v) is 7.54. The summed E-state index contributed by atoms with van der Waals surface area (Å²) in [5, 5.41) is 9.78. The van der Waals surface area contributed by atoms with Crippen LogP contribution in [-0.4, -0.2) is 91.6 Å². The SMILES string of the molecule is CCNC(=O)Nc1sc2ccccc2c1C(=O)N1CCN(C2CCN(C(=O)NC)CC2)CC1. The van der Waals surface area contributed by atoms with Gasteiger partial charge in [-0.25, -0.2) is 9.59 Å². The molecular weight excluding hydrogens is 440 g/mol. The number of benzene rings is 1. The van der Waals surface area contributed by atoms with Crippen LogP contribution in [0.5, 0.6) is 0 Å². The lowest BCUT2D eigenvalue weighted by Crippen LogP contribution is -2.55. The van der Waals surface area contributed by atoms with Crippen molar-refractivity contribution in [2.45, 2.75) is 25.8 Å². The molecule has 2 fully saturated rings. The summed E-state index contributed by atoms with van der Waals surface area (Å²) in [6, 6.07) is 7.92. The molecule has 0 unspecified atom stereocenters. The fourth-order valence-corrected chi connectivity index (χ4v) is 5.78. The van der Waals surface area contributed by atoms with Gasteiger partial charge in [0, 0.05) is 69.0 Å². The van der Waals surface area contributed by atoms with Crippen LogP contribution in [-0.2, 0) is 0 Å². The van der Waals surface area contributed by atoms with Crippen LogP contribution in [0.25, 0.3) is 10.1 Å². The van der Waals surface area contributed by atoms with Crippen molar-refractivity contribution in [1.29, 1.82) is 0 Å². The van der Waals surface area contributed by atoms with Crippen LogP contribution in [0.3, 0.4) is 0 Å². The van der Waals surface area contributed by atoms with Gasteiger partial charge in [-0.3, -0.25) is 15.0 Å². The number of piperidine rings is 1. The van der Waals surface area contributed by atoms with E-state index in [1.807, 2.05) is 41.0 Å². The van der Waals surface area contributed by atoms with Crippen molar-refractivity contribution >= 4 is 44.4 Å². The van der Waals surface area contributed by atoms with Crippen LogP contribution < -0.4 is 16.0 Å². The molecule has 2 saturated heterocycles. The predicted octanol–water partition coefficient (Wildman–Crippen LogP) is 2.60. The fraction of sp³-hybridized carbons (Fsp3) is 0.522. The molecule has 178 valence electrons. The van der Waals surface area contributed by atoms with E-state index in [0.717, 1.165) is 49.1 Å². The molecule has 2 aliphatic heterocycles. The van der Waals surface area contributed by atoms with Crippen molar-refractivity contribution in [1.82, 2.24) is 25.3 Å². The molecule has 3 heterocycles. The molecule has 0 radical (unpaired) electrons. The van der Waals surface area contributed by atoms with Gasteiger partial charge in [-0.1, -0.05) is 18.2 Å². The number of thiophene rings is 1. The molecule has 3 N–H and O–H groups in total. The molecule has 1 aromatic heterocycles. The fourth-order valence-electron chi connectivity index (χ4n) is 4.69. The maximum absolute atomic E-state index is 13.6. The Morgan fingerprint density at radius 1 is 1.00 bits per heavy atom. The van der Waals surface area contributed by atoms with E-state index in [2.05, 4.69) is 20.9 Å². The molecular formula is C23H32N6O3S. The number of hydrogen-bond acceptors (Lipinski definition) is 5. The van der Waals surface area contributed by atoms with Gasteiger partial charge in [-0.2, -0.15) is 0 Å². The van der Waals surface area contributed by atoms with E-state index < -0.39 is 0 Å². The number of amides is 5. The van der Waals surface area contributed by atoms with E-state index in [-0.39, 0.29) is 18.0 Å². The first-order valence-corrected chi connectivity index (χ1v) is 12.4. The molecule has 0 saturated carbocycles. The van der Waals surface area contributed by atoms with Gasteiger partial charge in [-0.15, -0.1) is 11.3 Å². The highest BCUT2D eigenvalue weighted by molar-refractivity contribution is 7.23. The zero-order valence-corrected chi connectivity index (χ0v) is 20.0. The number of rotatable bonds is 4. The van der Waals surface area contributed by atoms with E-state index in [1.54, 1.807) is 7.05 Å². The maximum Gasteiger partial charge on any atom is 0.319 e. The summed E-state index contributed by atoms with van der Waals surface area (Å²) < 4.78 is 0.981. The van der Waals surface area contributed by atoms with Crippen LogP contribution in [0.2, 0.25) is 0 Å². The summed E-state index contributed by atoms with van der Waals surface area (Å²) in [7, 11) is 1.67. The average molecular weight is 473 g/mol. The molecule has 1 aromatic carbocycles. The van der Waals surface area contributed by atoms with Gasteiger partial charge >= 0.3 is 12.1 Å². The smallest absolute Gasteiger partial charge is 0.319 e. The standard InChI is InChI=1S/C23H32N6O3S/c1-3-25-22(31)26-20-19(17-6-4-5-7-18(17)33-20)21(30)28-14-12-27(13-15-28)16-8-10-29(11-9-16)23(32)24-2/h4-7,16H,3,8-15H2,1-2H3,(H,24,32)(H2,25,26,31). The number of piperazine rings is 1. The molecule has 33 heavy (non-hydrogen) atoms. The number of carbonyl (C=O) groups is 3. The number of fused-ring (bicyclic) bond motifs is 1. The summed E-state index contributed by atoms with van der Waals surface area (Å²) >= 11 is 1.43. The minimum absolute atomic E-state index is 0.0103. The van der Waals surface area contributed by atoms with Crippen molar-refractivity contribution < 1.29 is 14.4 Å². The molecule has 2 aliphatic rings. The zero-order valence-electron chi connectivity index (χ0n) is 19.2. The number of urea groups is 2. The third-order valence-electron chi connectivity index (χ3n) is 6.46. The average Bonchev–Trinajstić information content (AvgIpc) is 3.21. The number of hydrogen-bond donors (Lipinski definition) is 3. The quantitative estimate of drug-likeness (QED) is 0.637. The van der Waals surface area contributed by atoms with Crippen molar-refractivity contribution in [2.75, 3.05) is 58.2 Å². The van der Waals surface area contributed by atoms with Crippen LogP contribution >= 0.6 is 11.3 Å². The lowest BCUT2D eigenvalue weighted by atomic mass is 10.0. The van der Waals surface area contributed by atoms with Gasteiger partial charge in [-0.05, 0) is 25.8 Å². The molecule has 2 aromatic rings. The van der Waals surface area contributed by atoms with Crippen LogP contribution in [0.15, 0.2) is 24.3 Å². The highest BCUT2D eigenvalue weighted by Gasteiger charge is 2.32. The Balaban J connectivity index is 1.42. The van der Waals surface area contributed by atoms with Crippen LogP contribution in [0, 0.1) is 0 Å². The lowest BCUT2D eigenvalue weighted by Gasteiger charge is -2.42. The summed E-state index contributed by atoms with van der Waals surface area (Å²) in [5.74, 6) is -0.0339. The van der Waals surface area contributed by atoms with E-state index in [1.165, 1.54) is 11.3 Å². The molecule has 0 aliphatic carbocycles. The third kappa shape index (κ3) is 5.06. The first-order valence-electron chi connectivity index (χ1n) is 11.6. The Kier molecular flexibility index (Phi) is 7.34. The number of nitrogens with zero attached hydrogens (tertiary/aromatic N) is 3. The van der Waals surface area contributed by atoms with Crippen molar-refractivity contribution in [3.05, 3.63) is 29.8 Å². The first-order chi connectivity index (χ1) is 16.0. The largest absolute Gasteiger partial charge is 0.341 e. The second kappa shape index (κ2) is 10.4. The summed E-state index contributed by atoms with van der Waals surface area (Å²) in [6.07, 6.45) is 1.91. The predicted molar refractivity (Wildman–Crippen MR) is 131 cm³/mol. The highest BCUT2D eigenvalue weighted by Crippen LogP contribution is 2.36. The minimum atomic E-state index is -0.300. The Morgan fingerprint density at radius 2 is 1.70 bits per heavy atom. The molecule has 0 spiro atoms. The zero-order chi connectivity index (χ0) is 23.4. The van der Waals surface area contributed by atoms with E-state index >= 15 is 0 Å². The van der Waals surface area contributed by atoms with Crippen molar-refractivity contribution in [3.8, 4) is 0 Å². The van der Waals surface area contributed by atoms with E-state index in [4.69, 9.17) is 0 Å². The minimum Gasteiger partial charge on any atom is -0.341 e. The number of nitrogens with one attached hydrogen (secondary N) is 3. The van der Waals surface area contributed by atoms with Crippen LogP contribution in [0.1, 0.15) is 30.1 Å². The summed E-state index contributed by atoms with van der Waals surface area (Å²) in [4.78, 5) is 43.8. The van der Waals surface area contributed by atoms with Crippen molar-refractivity contribution in [3.63, 3.8) is 0 Å². The molecule has 4 rings (SSSR count). The molecule has 5 amide bonds. The second-order valence-corrected chi connectivity index (χ2v) is 9.44. The number of likely N-dealkylation sites (tertiary alicyclic amines) is 1. The van der Waals surface area contributed by atoms with Gasteiger partial charge in [0.2, 0.25) is 0 Å². The van der Waals surface area contributed by atoms with Gasteiger partial charge in [0.25, 0.3) is 5.91 Å². The van der Waals surface area contributed by atoms with Gasteiger partial charge in [0.1, 0.15) is 5.00 Å². The van der Waals surface area contributed by atoms with Gasteiger partial charge in [0.15, 0.2) is 0 Å². The van der Waals surface area contributed by atoms with Crippen molar-refractivity contribution in [2.24, 2.45) is 0 Å². The van der Waals surface area contributed by atoms with E-state index in [9.17, 15) is 14.4 Å². The number of carbonyl (C=O) groups excluding carboxylic acids is 3. The van der Waals surface area contributed by atoms with E-state index in [0.29, 0.717) is 36.2 Å². The first kappa shape index (κ1) is 23.3. The topological polar surface area (TPSA) is 97.0 Å². The van der Waals surface area contributed by atoms with Crippen LogP contribution in [0.4, 0.5) is 14.6 Å². The Labute approximate surface area is 198 Å². The maximum atomic E-state index is 13.6. The Bertz CT molecular complexity index is 1010. The second-order valence-electron chi connectivity index (χ2n) is 8.39. The van der Waals surface area contributed by atoms with Gasteiger partial charge < -0.3 is 20.4 Å².